The molecule has 0 atom stereocenters. The van der Waals surface area contributed by atoms with Crippen LogP contribution in [0.4, 0.5) is 0 Å². The molecule has 0 N–H and O–H groups in total. The molecule has 1 aromatic heterocycles. The van der Waals surface area contributed by atoms with Gasteiger partial charge in [-0.05, 0) is 17.5 Å². The first-order valence-electron chi connectivity index (χ1n) is 5.02. The fourth-order valence-corrected chi connectivity index (χ4v) is 2.99. The largest absolute Gasteiger partial charge is 0.466 e. The van der Waals surface area contributed by atoms with Crippen molar-refractivity contribution < 1.29 is 9.53 Å². The number of rotatable bonds is 3. The van der Waals surface area contributed by atoms with E-state index in [0.717, 1.165) is 0 Å². The Morgan fingerprint density at radius 1 is 1.44 bits per heavy atom. The Kier molecular flexibility index (Phi) is 4.11. The number of ether oxygens (including phenoxy) is 1. The molecule has 0 amide bonds. The summed E-state index contributed by atoms with van der Waals surface area (Å²) in [6.45, 7) is 0. The number of nitrogens with zero attached hydrogens (tertiary/aromatic N) is 1. The minimum Gasteiger partial charge on any atom is -0.466 e. The number of thiazole rings is 1. The van der Waals surface area contributed by atoms with Gasteiger partial charge in [0.1, 0.15) is 4.70 Å². The van der Waals surface area contributed by atoms with Crippen LogP contribution >= 0.6 is 23.1 Å². The summed E-state index contributed by atoms with van der Waals surface area (Å²) in [5.74, 6) is -0.417. The normalized spacial score (nSPS) is 10.9. The maximum Gasteiger partial charge on any atom is 0.330 e. The van der Waals surface area contributed by atoms with E-state index in [1.165, 1.54) is 42.4 Å². The summed E-state index contributed by atoms with van der Waals surface area (Å²) < 4.78 is 5.81. The Hall–Kier alpha value is -1.66. The third kappa shape index (κ3) is 2.96. The molecule has 1 aromatic carbocycles. The van der Waals surface area contributed by atoms with E-state index in [0.29, 0.717) is 14.6 Å². The molecule has 0 unspecified atom stereocenters. The third-order valence-electron chi connectivity index (χ3n) is 2.04. The topological polar surface area (TPSA) is 56.3 Å². The van der Waals surface area contributed by atoms with E-state index in [4.69, 9.17) is 0 Å². The van der Waals surface area contributed by atoms with Crippen LogP contribution in [0.2, 0.25) is 0 Å². The first-order valence-corrected chi connectivity index (χ1v) is 6.71. The van der Waals surface area contributed by atoms with Gasteiger partial charge in [0.05, 0.1) is 12.6 Å². The first-order chi connectivity index (χ1) is 8.70. The molecule has 4 nitrogen and oxygen atoms in total. The molecular formula is C12H9NO3S2. The monoisotopic (exact) mass is 279 g/mol. The predicted molar refractivity (Wildman–Crippen MR) is 72.9 cm³/mol. The lowest BCUT2D eigenvalue weighted by atomic mass is 10.5. The van der Waals surface area contributed by atoms with Gasteiger partial charge >= 0.3 is 5.97 Å². The Labute approximate surface area is 111 Å². The zero-order chi connectivity index (χ0) is 13.0. The number of thioether (sulfide) groups is 1. The highest BCUT2D eigenvalue weighted by atomic mass is 32.2. The summed E-state index contributed by atoms with van der Waals surface area (Å²) in [7, 11) is 1.32. The SMILES string of the molecule is COC(=O)/C=C\Sc1nc2ccccc(=O)c2s1. The standard InChI is InChI=1S/C12H9NO3S2/c1-16-10(15)6-7-17-12-13-8-4-2-3-5-9(14)11(8)18-12/h2-7H,1H3/b7-6-. The Morgan fingerprint density at radius 3 is 3.00 bits per heavy atom. The second-order valence-corrected chi connectivity index (χ2v) is 5.37. The highest BCUT2D eigenvalue weighted by Crippen LogP contribution is 2.27. The summed E-state index contributed by atoms with van der Waals surface area (Å²) in [6.07, 6.45) is 1.31. The molecule has 18 heavy (non-hydrogen) atoms. The molecule has 2 aromatic rings. The number of carbonyl (C=O) groups excluding carboxylic acids is 1. The van der Waals surface area contributed by atoms with E-state index in [1.807, 2.05) is 0 Å². The van der Waals surface area contributed by atoms with Gasteiger partial charge in [-0.1, -0.05) is 23.9 Å². The van der Waals surface area contributed by atoms with Crippen molar-refractivity contribution >= 4 is 39.3 Å². The van der Waals surface area contributed by atoms with Crippen LogP contribution < -0.4 is 5.43 Å². The maximum atomic E-state index is 11.7. The molecule has 0 saturated carbocycles. The van der Waals surface area contributed by atoms with Crippen LogP contribution in [-0.4, -0.2) is 18.1 Å². The molecule has 0 fully saturated rings. The van der Waals surface area contributed by atoms with Gasteiger partial charge in [0.2, 0.25) is 0 Å². The van der Waals surface area contributed by atoms with Crippen LogP contribution in [0.3, 0.4) is 0 Å². The van der Waals surface area contributed by atoms with Crippen molar-refractivity contribution in [1.82, 2.24) is 4.98 Å². The summed E-state index contributed by atoms with van der Waals surface area (Å²) in [5, 5.41) is 1.59. The van der Waals surface area contributed by atoms with Crippen molar-refractivity contribution in [2.24, 2.45) is 0 Å². The number of methoxy groups -OCH3 is 1. The lowest BCUT2D eigenvalue weighted by molar-refractivity contribution is -0.134. The molecule has 0 radical (unpaired) electrons. The van der Waals surface area contributed by atoms with E-state index < -0.39 is 5.97 Å². The second-order valence-electron chi connectivity index (χ2n) is 3.22. The van der Waals surface area contributed by atoms with Crippen molar-refractivity contribution in [2.45, 2.75) is 4.34 Å². The molecule has 92 valence electrons. The first kappa shape index (κ1) is 12.8. The zero-order valence-electron chi connectivity index (χ0n) is 9.45. The molecule has 0 spiro atoms. The second kappa shape index (κ2) is 5.79. The van der Waals surface area contributed by atoms with Crippen LogP contribution in [0.25, 0.3) is 10.2 Å². The minimum atomic E-state index is -0.417. The van der Waals surface area contributed by atoms with Crippen LogP contribution in [-0.2, 0) is 9.53 Å². The van der Waals surface area contributed by atoms with E-state index in [1.54, 1.807) is 23.6 Å². The van der Waals surface area contributed by atoms with Gasteiger partial charge in [0, 0.05) is 6.08 Å². The Balaban J connectivity index is 2.27. The molecule has 0 aliphatic heterocycles. The average molecular weight is 279 g/mol. The number of carbonyl (C=O) groups is 1. The van der Waals surface area contributed by atoms with E-state index in [2.05, 4.69) is 9.72 Å². The Morgan fingerprint density at radius 2 is 2.22 bits per heavy atom. The summed E-state index contributed by atoms with van der Waals surface area (Å²) in [4.78, 5) is 26.9. The summed E-state index contributed by atoms with van der Waals surface area (Å²) in [5.41, 5.74) is 0.625. The van der Waals surface area contributed by atoms with Crippen molar-refractivity contribution in [3.63, 3.8) is 0 Å². The fourth-order valence-electron chi connectivity index (χ4n) is 1.23. The van der Waals surface area contributed by atoms with E-state index in [-0.39, 0.29) is 5.43 Å². The lowest BCUT2D eigenvalue weighted by Gasteiger charge is -1.88. The molecule has 2 rings (SSSR count). The third-order valence-corrected chi connectivity index (χ3v) is 4.03. The fraction of sp³-hybridized carbons (Fsp3) is 0.0833. The molecule has 0 bridgehead atoms. The molecule has 0 aliphatic carbocycles. The van der Waals surface area contributed by atoms with Gasteiger partial charge < -0.3 is 4.74 Å². The van der Waals surface area contributed by atoms with Crippen LogP contribution in [0.1, 0.15) is 0 Å². The number of hydrogen-bond donors (Lipinski definition) is 0. The minimum absolute atomic E-state index is 0.0451. The van der Waals surface area contributed by atoms with Crippen molar-refractivity contribution in [2.75, 3.05) is 7.11 Å². The van der Waals surface area contributed by atoms with Gasteiger partial charge in [0.25, 0.3) is 0 Å². The highest BCUT2D eigenvalue weighted by molar-refractivity contribution is 8.03. The van der Waals surface area contributed by atoms with Crippen LogP contribution in [0.5, 0.6) is 0 Å². The molecule has 6 heteroatoms. The van der Waals surface area contributed by atoms with Gasteiger partial charge in [0.15, 0.2) is 9.77 Å². The quantitative estimate of drug-likeness (QED) is 0.490. The molecule has 1 heterocycles. The van der Waals surface area contributed by atoms with E-state index in [9.17, 15) is 9.59 Å². The van der Waals surface area contributed by atoms with Crippen LogP contribution in [0.15, 0.2) is 44.9 Å². The number of hydrogen-bond acceptors (Lipinski definition) is 6. The predicted octanol–water partition coefficient (Wildman–Crippen LogP) is 2.44. The number of fused-ring (bicyclic) bond motifs is 1. The smallest absolute Gasteiger partial charge is 0.330 e. The van der Waals surface area contributed by atoms with Crippen molar-refractivity contribution in [3.05, 3.63) is 46.0 Å². The number of aromatic nitrogens is 1. The zero-order valence-corrected chi connectivity index (χ0v) is 11.1. The number of esters is 1. The Bertz CT molecular complexity index is 664. The maximum absolute atomic E-state index is 11.7. The molecule has 0 aliphatic rings. The van der Waals surface area contributed by atoms with Gasteiger partial charge in [-0.15, -0.1) is 11.3 Å². The van der Waals surface area contributed by atoms with Gasteiger partial charge in [-0.25, -0.2) is 9.78 Å². The van der Waals surface area contributed by atoms with Gasteiger partial charge in [-0.2, -0.15) is 0 Å². The van der Waals surface area contributed by atoms with Crippen molar-refractivity contribution in [3.8, 4) is 0 Å². The molecule has 0 saturated heterocycles. The lowest BCUT2D eigenvalue weighted by Crippen LogP contribution is -1.92. The van der Waals surface area contributed by atoms with Gasteiger partial charge in [-0.3, -0.25) is 4.79 Å². The average Bonchev–Trinajstić information content (AvgIpc) is 2.70. The van der Waals surface area contributed by atoms with Crippen molar-refractivity contribution in [1.29, 1.82) is 0 Å². The van der Waals surface area contributed by atoms with E-state index >= 15 is 0 Å². The highest BCUT2D eigenvalue weighted by Gasteiger charge is 2.04. The van der Waals surface area contributed by atoms with Crippen LogP contribution in [0, 0.1) is 0 Å². The summed E-state index contributed by atoms with van der Waals surface area (Å²) >= 11 is 2.59. The summed E-state index contributed by atoms with van der Waals surface area (Å²) in [6, 6.07) is 6.78. The molecular weight excluding hydrogens is 270 g/mol.